The molecule has 2 N–H and O–H groups in total. The van der Waals surface area contributed by atoms with Crippen molar-refractivity contribution in [3.8, 4) is 5.82 Å². The fourth-order valence-corrected chi connectivity index (χ4v) is 2.60. The fraction of sp³-hybridized carbons (Fsp3) is 0.200. The molecular formula is C10H10N6S. The van der Waals surface area contributed by atoms with Crippen LogP contribution in [0.1, 0.15) is 11.4 Å². The molecular weight excluding hydrogens is 236 g/mol. The second-order valence-corrected chi connectivity index (χ2v) is 4.48. The highest BCUT2D eigenvalue weighted by atomic mass is 32.1. The molecule has 6 nitrogen and oxygen atoms in total. The highest BCUT2D eigenvalue weighted by Gasteiger charge is 2.11. The predicted molar refractivity (Wildman–Crippen MR) is 65.0 cm³/mol. The normalized spacial score (nSPS) is 11.2. The highest BCUT2D eigenvalue weighted by Crippen LogP contribution is 2.26. The summed E-state index contributed by atoms with van der Waals surface area (Å²) < 4.78 is 2.65. The summed E-state index contributed by atoms with van der Waals surface area (Å²) in [6.07, 6.45) is 3.17. The van der Waals surface area contributed by atoms with Crippen LogP contribution >= 0.6 is 11.3 Å². The summed E-state index contributed by atoms with van der Waals surface area (Å²) in [5, 5.41) is 6.31. The Morgan fingerprint density at radius 2 is 2.24 bits per heavy atom. The van der Waals surface area contributed by atoms with Crippen molar-refractivity contribution in [1.29, 1.82) is 0 Å². The van der Waals surface area contributed by atoms with Gasteiger partial charge in [0, 0.05) is 0 Å². The second-order valence-electron chi connectivity index (χ2n) is 3.60. The number of nitrogens with two attached hydrogens (primary N) is 1. The summed E-state index contributed by atoms with van der Waals surface area (Å²) in [6.45, 7) is 2.35. The lowest BCUT2D eigenvalue weighted by Crippen LogP contribution is -2.02. The molecule has 3 aromatic rings. The zero-order valence-electron chi connectivity index (χ0n) is 9.16. The quantitative estimate of drug-likeness (QED) is 0.730. The van der Waals surface area contributed by atoms with Crippen molar-refractivity contribution in [2.75, 3.05) is 0 Å². The summed E-state index contributed by atoms with van der Waals surface area (Å²) in [4.78, 5) is 12.6. The van der Waals surface area contributed by atoms with E-state index in [2.05, 4.69) is 25.4 Å². The summed E-state index contributed by atoms with van der Waals surface area (Å²) in [6, 6.07) is 0. The van der Waals surface area contributed by atoms with Gasteiger partial charge in [-0.3, -0.25) is 0 Å². The van der Waals surface area contributed by atoms with Crippen molar-refractivity contribution in [2.24, 2.45) is 5.73 Å². The lowest BCUT2D eigenvalue weighted by molar-refractivity contribution is 0.813. The van der Waals surface area contributed by atoms with Crippen LogP contribution in [-0.4, -0.2) is 24.7 Å². The van der Waals surface area contributed by atoms with E-state index in [4.69, 9.17) is 5.73 Å². The van der Waals surface area contributed by atoms with Crippen LogP contribution in [0.15, 0.2) is 18.0 Å². The minimum absolute atomic E-state index is 0.324. The van der Waals surface area contributed by atoms with Gasteiger partial charge in [0.25, 0.3) is 0 Å². The Morgan fingerprint density at radius 1 is 1.35 bits per heavy atom. The number of aromatic nitrogens is 5. The summed E-state index contributed by atoms with van der Waals surface area (Å²) in [5.41, 5.74) is 7.60. The first-order chi connectivity index (χ1) is 8.29. The zero-order chi connectivity index (χ0) is 11.8. The van der Waals surface area contributed by atoms with Crippen LogP contribution in [0.3, 0.4) is 0 Å². The van der Waals surface area contributed by atoms with Gasteiger partial charge in [0.05, 0.1) is 16.8 Å². The monoisotopic (exact) mass is 246 g/mol. The maximum absolute atomic E-state index is 5.49. The van der Waals surface area contributed by atoms with E-state index in [1.807, 2.05) is 6.92 Å². The third kappa shape index (κ3) is 1.60. The van der Waals surface area contributed by atoms with Gasteiger partial charge in [-0.25, -0.2) is 19.6 Å². The molecule has 3 rings (SSSR count). The molecule has 3 heterocycles. The molecule has 0 amide bonds. The number of hydrogen-bond acceptors (Lipinski definition) is 6. The molecule has 0 saturated heterocycles. The Balaban J connectivity index is 2.23. The van der Waals surface area contributed by atoms with E-state index in [9.17, 15) is 0 Å². The Morgan fingerprint density at radius 3 is 3.00 bits per heavy atom. The van der Waals surface area contributed by atoms with Gasteiger partial charge >= 0.3 is 0 Å². The number of rotatable bonds is 2. The van der Waals surface area contributed by atoms with E-state index in [-0.39, 0.29) is 0 Å². The molecule has 0 bridgehead atoms. The maximum atomic E-state index is 5.49. The van der Waals surface area contributed by atoms with Crippen molar-refractivity contribution in [2.45, 2.75) is 13.5 Å². The number of hydrogen-bond donors (Lipinski definition) is 1. The van der Waals surface area contributed by atoms with Crippen molar-refractivity contribution >= 4 is 21.6 Å². The van der Waals surface area contributed by atoms with Gasteiger partial charge < -0.3 is 5.73 Å². The van der Waals surface area contributed by atoms with Crippen molar-refractivity contribution in [3.63, 3.8) is 0 Å². The highest BCUT2D eigenvalue weighted by molar-refractivity contribution is 7.17. The fourth-order valence-electron chi connectivity index (χ4n) is 1.61. The number of aryl methyl sites for hydroxylation is 1. The van der Waals surface area contributed by atoms with Crippen molar-refractivity contribution in [3.05, 3.63) is 29.4 Å². The molecule has 0 aliphatic rings. The molecule has 17 heavy (non-hydrogen) atoms. The van der Waals surface area contributed by atoms with Gasteiger partial charge in [-0.1, -0.05) is 0 Å². The number of fused-ring (bicyclic) bond motifs is 1. The van der Waals surface area contributed by atoms with Crippen LogP contribution in [0.2, 0.25) is 0 Å². The molecule has 0 aliphatic heterocycles. The maximum Gasteiger partial charge on any atom is 0.176 e. The average Bonchev–Trinajstić information content (AvgIpc) is 2.96. The largest absolute Gasteiger partial charge is 0.324 e. The van der Waals surface area contributed by atoms with Gasteiger partial charge in [0.15, 0.2) is 11.6 Å². The van der Waals surface area contributed by atoms with Crippen LogP contribution < -0.4 is 5.73 Å². The smallest absolute Gasteiger partial charge is 0.176 e. The van der Waals surface area contributed by atoms with Crippen LogP contribution in [0, 0.1) is 6.92 Å². The van der Waals surface area contributed by atoms with E-state index in [0.29, 0.717) is 12.4 Å². The Labute approximate surface area is 101 Å². The molecule has 3 aromatic heterocycles. The lowest BCUT2D eigenvalue weighted by Gasteiger charge is -2.00. The lowest BCUT2D eigenvalue weighted by atomic mass is 10.3. The van der Waals surface area contributed by atoms with Gasteiger partial charge in [-0.15, -0.1) is 16.4 Å². The van der Waals surface area contributed by atoms with Crippen LogP contribution in [0.25, 0.3) is 16.0 Å². The first-order valence-corrected chi connectivity index (χ1v) is 5.97. The topological polar surface area (TPSA) is 82.5 Å². The Hall–Kier alpha value is -1.86. The first-order valence-electron chi connectivity index (χ1n) is 5.09. The standard InChI is InChI=1S/C10H10N6S/c1-6-3-17-9-8(6)12-4-13-10(9)16-5-14-7(2-11)15-16/h3-5H,2,11H2,1H3. The third-order valence-electron chi connectivity index (χ3n) is 2.45. The molecule has 0 aromatic carbocycles. The Bertz CT molecular complexity index is 670. The van der Waals surface area contributed by atoms with E-state index in [1.165, 1.54) is 0 Å². The van der Waals surface area contributed by atoms with E-state index < -0.39 is 0 Å². The minimum Gasteiger partial charge on any atom is -0.324 e. The summed E-state index contributed by atoms with van der Waals surface area (Å²) in [7, 11) is 0. The zero-order valence-corrected chi connectivity index (χ0v) is 9.98. The molecule has 0 saturated carbocycles. The predicted octanol–water partition coefficient (Wildman–Crippen LogP) is 1.04. The van der Waals surface area contributed by atoms with E-state index >= 15 is 0 Å². The molecule has 0 fully saturated rings. The first kappa shape index (κ1) is 10.3. The van der Waals surface area contributed by atoms with E-state index in [1.54, 1.807) is 28.7 Å². The van der Waals surface area contributed by atoms with Gasteiger partial charge in [0.2, 0.25) is 0 Å². The molecule has 0 radical (unpaired) electrons. The molecule has 0 spiro atoms. The Kier molecular flexibility index (Phi) is 2.34. The van der Waals surface area contributed by atoms with Crippen molar-refractivity contribution < 1.29 is 0 Å². The van der Waals surface area contributed by atoms with Crippen molar-refractivity contribution in [1.82, 2.24) is 24.7 Å². The number of thiophene rings is 1. The summed E-state index contributed by atoms with van der Waals surface area (Å²) in [5.74, 6) is 1.35. The minimum atomic E-state index is 0.324. The van der Waals surface area contributed by atoms with E-state index in [0.717, 1.165) is 21.6 Å². The number of nitrogens with zero attached hydrogens (tertiary/aromatic N) is 5. The SMILES string of the molecule is Cc1csc2c(-n3cnc(CN)n3)ncnc12. The summed E-state index contributed by atoms with van der Waals surface area (Å²) >= 11 is 1.61. The molecule has 0 aliphatic carbocycles. The van der Waals surface area contributed by atoms with Crippen LogP contribution in [0.4, 0.5) is 0 Å². The molecule has 7 heteroatoms. The van der Waals surface area contributed by atoms with Gasteiger partial charge in [-0.2, -0.15) is 0 Å². The molecule has 0 atom stereocenters. The van der Waals surface area contributed by atoms with Gasteiger partial charge in [0.1, 0.15) is 12.7 Å². The molecule has 86 valence electrons. The van der Waals surface area contributed by atoms with Gasteiger partial charge in [-0.05, 0) is 17.9 Å². The van der Waals surface area contributed by atoms with Crippen LogP contribution in [0.5, 0.6) is 0 Å². The molecule has 0 unspecified atom stereocenters. The average molecular weight is 246 g/mol. The second kappa shape index (κ2) is 3.86. The third-order valence-corrected chi connectivity index (χ3v) is 3.53. The van der Waals surface area contributed by atoms with Crippen LogP contribution in [-0.2, 0) is 6.54 Å².